The number of carbonyl (C=O) groups is 2. The minimum absolute atomic E-state index is 0.0645. The van der Waals surface area contributed by atoms with Crippen LogP contribution in [0.1, 0.15) is 24.5 Å². The first-order valence-electron chi connectivity index (χ1n) is 7.77. The van der Waals surface area contributed by atoms with Crippen LogP contribution in [0, 0.1) is 6.92 Å². The lowest BCUT2D eigenvalue weighted by Crippen LogP contribution is -2.40. The van der Waals surface area contributed by atoms with Crippen LogP contribution in [0.25, 0.3) is 0 Å². The SMILES string of the molecule is Cc1ccccc1NC(=O)C(=O)N[C@@H](C)CCc1ccccc1. The molecule has 23 heavy (non-hydrogen) atoms. The lowest BCUT2D eigenvalue weighted by atomic mass is 10.1. The molecule has 0 aliphatic rings. The van der Waals surface area contributed by atoms with E-state index in [9.17, 15) is 9.59 Å². The maximum absolute atomic E-state index is 12.0. The molecular formula is C19H22N2O2. The Balaban J connectivity index is 1.81. The third-order valence-electron chi connectivity index (χ3n) is 3.69. The monoisotopic (exact) mass is 310 g/mol. The molecule has 0 unspecified atom stereocenters. The van der Waals surface area contributed by atoms with Crippen LogP contribution >= 0.6 is 0 Å². The fraction of sp³-hybridized carbons (Fsp3) is 0.263. The van der Waals surface area contributed by atoms with Crippen LogP contribution in [0.15, 0.2) is 54.6 Å². The molecule has 2 N–H and O–H groups in total. The predicted octanol–water partition coefficient (Wildman–Crippen LogP) is 3.07. The minimum Gasteiger partial charge on any atom is -0.345 e. The zero-order valence-corrected chi connectivity index (χ0v) is 13.5. The van der Waals surface area contributed by atoms with Crippen molar-refractivity contribution in [2.24, 2.45) is 0 Å². The van der Waals surface area contributed by atoms with Crippen LogP contribution in [0.2, 0.25) is 0 Å². The van der Waals surface area contributed by atoms with Crippen molar-refractivity contribution < 1.29 is 9.59 Å². The van der Waals surface area contributed by atoms with E-state index in [4.69, 9.17) is 0 Å². The first kappa shape index (κ1) is 16.7. The summed E-state index contributed by atoms with van der Waals surface area (Å²) in [6.45, 7) is 3.79. The number of hydrogen-bond donors (Lipinski definition) is 2. The molecule has 0 aromatic heterocycles. The van der Waals surface area contributed by atoms with Crippen molar-refractivity contribution in [3.63, 3.8) is 0 Å². The highest BCUT2D eigenvalue weighted by atomic mass is 16.2. The van der Waals surface area contributed by atoms with Crippen molar-refractivity contribution in [2.45, 2.75) is 32.7 Å². The van der Waals surface area contributed by atoms with Gasteiger partial charge in [0, 0.05) is 11.7 Å². The average Bonchev–Trinajstić information content (AvgIpc) is 2.56. The van der Waals surface area contributed by atoms with Crippen molar-refractivity contribution in [2.75, 3.05) is 5.32 Å². The van der Waals surface area contributed by atoms with E-state index in [0.29, 0.717) is 5.69 Å². The molecule has 0 fully saturated rings. The minimum atomic E-state index is -0.633. The first-order valence-corrected chi connectivity index (χ1v) is 7.77. The van der Waals surface area contributed by atoms with Crippen LogP contribution in [0.5, 0.6) is 0 Å². The summed E-state index contributed by atoms with van der Waals surface area (Å²) in [7, 11) is 0. The summed E-state index contributed by atoms with van der Waals surface area (Å²) < 4.78 is 0. The number of carbonyl (C=O) groups excluding carboxylic acids is 2. The van der Waals surface area contributed by atoms with Gasteiger partial charge in [0.05, 0.1) is 0 Å². The fourth-order valence-corrected chi connectivity index (χ4v) is 2.28. The summed E-state index contributed by atoms with van der Waals surface area (Å²) in [4.78, 5) is 23.9. The largest absolute Gasteiger partial charge is 0.345 e. The second-order valence-electron chi connectivity index (χ2n) is 5.67. The number of rotatable bonds is 5. The van der Waals surface area contributed by atoms with Crippen LogP contribution < -0.4 is 10.6 Å². The Kier molecular flexibility index (Phi) is 5.92. The van der Waals surface area contributed by atoms with E-state index in [2.05, 4.69) is 22.8 Å². The van der Waals surface area contributed by atoms with Crippen LogP contribution in [-0.2, 0) is 16.0 Å². The predicted molar refractivity (Wildman–Crippen MR) is 92.2 cm³/mol. The van der Waals surface area contributed by atoms with Crippen LogP contribution in [0.3, 0.4) is 0 Å². The second kappa shape index (κ2) is 8.13. The molecule has 2 amide bonds. The number of benzene rings is 2. The summed E-state index contributed by atoms with van der Waals surface area (Å²) >= 11 is 0. The molecule has 0 aliphatic carbocycles. The van der Waals surface area contributed by atoms with Gasteiger partial charge in [-0.1, -0.05) is 48.5 Å². The van der Waals surface area contributed by atoms with Gasteiger partial charge in [0.15, 0.2) is 0 Å². The Hall–Kier alpha value is -2.62. The van der Waals surface area contributed by atoms with E-state index in [0.717, 1.165) is 18.4 Å². The Morgan fingerprint density at radius 1 is 0.957 bits per heavy atom. The lowest BCUT2D eigenvalue weighted by Gasteiger charge is -2.14. The van der Waals surface area contributed by atoms with E-state index < -0.39 is 11.8 Å². The topological polar surface area (TPSA) is 58.2 Å². The molecule has 1 atom stereocenters. The molecule has 4 heteroatoms. The van der Waals surface area contributed by atoms with E-state index >= 15 is 0 Å². The van der Waals surface area contributed by atoms with E-state index in [1.54, 1.807) is 6.07 Å². The molecule has 120 valence electrons. The van der Waals surface area contributed by atoms with Gasteiger partial charge in [-0.25, -0.2) is 0 Å². The third kappa shape index (κ3) is 5.25. The molecule has 2 aromatic carbocycles. The number of hydrogen-bond acceptors (Lipinski definition) is 2. The van der Waals surface area contributed by atoms with Gasteiger partial charge in [0.1, 0.15) is 0 Å². The van der Waals surface area contributed by atoms with E-state index in [1.807, 2.05) is 50.2 Å². The Morgan fingerprint density at radius 2 is 1.61 bits per heavy atom. The summed E-state index contributed by atoms with van der Waals surface area (Å²) in [5.74, 6) is -1.24. The van der Waals surface area contributed by atoms with Gasteiger partial charge < -0.3 is 10.6 Å². The number of anilines is 1. The van der Waals surface area contributed by atoms with Gasteiger partial charge in [-0.15, -0.1) is 0 Å². The smallest absolute Gasteiger partial charge is 0.313 e. The standard InChI is InChI=1S/C19H22N2O2/c1-14-8-6-7-11-17(14)21-19(23)18(22)20-15(2)12-13-16-9-4-3-5-10-16/h3-11,15H,12-13H2,1-2H3,(H,20,22)(H,21,23)/t15-/m0/s1. The van der Waals surface area contributed by atoms with Crippen molar-refractivity contribution in [1.29, 1.82) is 0 Å². The van der Waals surface area contributed by atoms with Gasteiger partial charge in [0.25, 0.3) is 0 Å². The van der Waals surface area contributed by atoms with Gasteiger partial charge in [-0.05, 0) is 43.9 Å². The van der Waals surface area contributed by atoms with Gasteiger partial charge in [-0.2, -0.15) is 0 Å². The Bertz CT molecular complexity index is 668. The molecule has 2 rings (SSSR count). The molecule has 0 heterocycles. The Morgan fingerprint density at radius 3 is 2.30 bits per heavy atom. The summed E-state index contributed by atoms with van der Waals surface area (Å²) in [5, 5.41) is 5.38. The highest BCUT2D eigenvalue weighted by molar-refractivity contribution is 6.39. The van der Waals surface area contributed by atoms with E-state index in [1.165, 1.54) is 5.56 Å². The van der Waals surface area contributed by atoms with Crippen LogP contribution in [-0.4, -0.2) is 17.9 Å². The molecule has 2 aromatic rings. The first-order chi connectivity index (χ1) is 11.1. The van der Waals surface area contributed by atoms with Crippen molar-refractivity contribution in [1.82, 2.24) is 5.32 Å². The zero-order chi connectivity index (χ0) is 16.7. The number of aryl methyl sites for hydroxylation is 2. The molecule has 0 spiro atoms. The molecule has 4 nitrogen and oxygen atoms in total. The quantitative estimate of drug-likeness (QED) is 0.834. The fourth-order valence-electron chi connectivity index (χ4n) is 2.28. The van der Waals surface area contributed by atoms with Gasteiger partial charge >= 0.3 is 11.8 Å². The van der Waals surface area contributed by atoms with Crippen molar-refractivity contribution in [3.8, 4) is 0 Å². The molecule has 0 bridgehead atoms. The molecule has 0 saturated carbocycles. The number of nitrogens with one attached hydrogen (secondary N) is 2. The van der Waals surface area contributed by atoms with E-state index in [-0.39, 0.29) is 6.04 Å². The highest BCUT2D eigenvalue weighted by Crippen LogP contribution is 2.12. The maximum Gasteiger partial charge on any atom is 0.313 e. The normalized spacial score (nSPS) is 11.6. The summed E-state index contributed by atoms with van der Waals surface area (Å²) in [6.07, 6.45) is 1.65. The molecule has 0 aliphatic heterocycles. The number of amides is 2. The maximum atomic E-state index is 12.0. The molecule has 0 saturated heterocycles. The molecular weight excluding hydrogens is 288 g/mol. The van der Waals surface area contributed by atoms with Gasteiger partial charge in [0.2, 0.25) is 0 Å². The van der Waals surface area contributed by atoms with Crippen molar-refractivity contribution in [3.05, 3.63) is 65.7 Å². The van der Waals surface area contributed by atoms with Gasteiger partial charge in [-0.3, -0.25) is 9.59 Å². The van der Waals surface area contributed by atoms with Crippen LogP contribution in [0.4, 0.5) is 5.69 Å². The highest BCUT2D eigenvalue weighted by Gasteiger charge is 2.16. The Labute approximate surface area is 136 Å². The number of para-hydroxylation sites is 1. The summed E-state index contributed by atoms with van der Waals surface area (Å²) in [5.41, 5.74) is 2.80. The lowest BCUT2D eigenvalue weighted by molar-refractivity contribution is -0.136. The third-order valence-corrected chi connectivity index (χ3v) is 3.69. The summed E-state index contributed by atoms with van der Waals surface area (Å²) in [6, 6.07) is 17.4. The second-order valence-corrected chi connectivity index (χ2v) is 5.67. The zero-order valence-electron chi connectivity index (χ0n) is 13.5. The van der Waals surface area contributed by atoms with Crippen molar-refractivity contribution >= 4 is 17.5 Å². The average molecular weight is 310 g/mol. The molecule has 0 radical (unpaired) electrons.